The van der Waals surface area contributed by atoms with Gasteiger partial charge in [-0.25, -0.2) is 0 Å². The molecule has 1 aromatic carbocycles. The maximum absolute atomic E-state index is 3.77. The summed E-state index contributed by atoms with van der Waals surface area (Å²) in [5.41, 5.74) is 1.57. The van der Waals surface area contributed by atoms with Gasteiger partial charge in [0.2, 0.25) is 0 Å². The Hall–Kier alpha value is -0.470. The third-order valence-electron chi connectivity index (χ3n) is 4.36. The van der Waals surface area contributed by atoms with Crippen molar-refractivity contribution >= 4 is 11.8 Å². The van der Waals surface area contributed by atoms with Gasteiger partial charge in [0.05, 0.1) is 0 Å². The quantitative estimate of drug-likeness (QED) is 0.798. The van der Waals surface area contributed by atoms with E-state index in [2.05, 4.69) is 48.3 Å². The predicted octanol–water partition coefficient (Wildman–Crippen LogP) is 4.26. The van der Waals surface area contributed by atoms with E-state index in [1.165, 1.54) is 50.0 Å². The second-order valence-corrected chi connectivity index (χ2v) is 7.37. The molecule has 2 unspecified atom stereocenters. The van der Waals surface area contributed by atoms with Gasteiger partial charge >= 0.3 is 0 Å². The molecule has 1 aromatic rings. The fourth-order valence-electron chi connectivity index (χ4n) is 3.11. The van der Waals surface area contributed by atoms with Crippen LogP contribution in [0.4, 0.5) is 0 Å². The number of nitrogens with one attached hydrogen (secondary N) is 1. The first-order valence-electron chi connectivity index (χ1n) is 7.84. The summed E-state index contributed by atoms with van der Waals surface area (Å²) in [4.78, 5) is 1.52. The third-order valence-corrected chi connectivity index (χ3v) is 5.75. The van der Waals surface area contributed by atoms with Gasteiger partial charge in [-0.3, -0.25) is 0 Å². The summed E-state index contributed by atoms with van der Waals surface area (Å²) in [6, 6.07) is 9.73. The van der Waals surface area contributed by atoms with Crippen LogP contribution in [0.3, 0.4) is 0 Å². The summed E-state index contributed by atoms with van der Waals surface area (Å²) >= 11 is 2.11. The first kappa shape index (κ1) is 13.5. The van der Waals surface area contributed by atoms with Gasteiger partial charge in [-0.1, -0.05) is 25.1 Å². The van der Waals surface area contributed by atoms with Crippen LogP contribution < -0.4 is 5.32 Å². The summed E-state index contributed by atoms with van der Waals surface area (Å²) in [5, 5.41) is 4.59. The summed E-state index contributed by atoms with van der Waals surface area (Å²) in [7, 11) is 0. The molecule has 3 rings (SSSR count). The largest absolute Gasteiger partial charge is 0.314 e. The van der Waals surface area contributed by atoms with Crippen molar-refractivity contribution in [2.45, 2.75) is 61.6 Å². The fourth-order valence-corrected chi connectivity index (χ4v) is 4.45. The molecule has 1 saturated carbocycles. The predicted molar refractivity (Wildman–Crippen MR) is 83.8 cm³/mol. The van der Waals surface area contributed by atoms with Crippen molar-refractivity contribution in [3.8, 4) is 0 Å². The van der Waals surface area contributed by atoms with E-state index in [0.29, 0.717) is 0 Å². The molecular weight excluding hydrogens is 250 g/mol. The second kappa shape index (κ2) is 6.32. The smallest absolute Gasteiger partial charge is 0.0136 e. The van der Waals surface area contributed by atoms with E-state index in [-0.39, 0.29) is 0 Å². The van der Waals surface area contributed by atoms with Gasteiger partial charge in [0.1, 0.15) is 0 Å². The van der Waals surface area contributed by atoms with Crippen molar-refractivity contribution in [3.63, 3.8) is 0 Å². The van der Waals surface area contributed by atoms with Gasteiger partial charge in [-0.15, -0.1) is 11.8 Å². The fraction of sp³-hybridized carbons (Fsp3) is 0.647. The number of fused-ring (bicyclic) bond motifs is 1. The Bertz CT molecular complexity index is 388. The van der Waals surface area contributed by atoms with Crippen LogP contribution in [-0.4, -0.2) is 17.8 Å². The first-order valence-corrected chi connectivity index (χ1v) is 8.72. The van der Waals surface area contributed by atoms with Crippen LogP contribution in [0.1, 0.15) is 44.6 Å². The minimum atomic E-state index is 0.796. The number of rotatable bonds is 7. The molecule has 2 aliphatic rings. The molecule has 1 aliphatic carbocycles. The van der Waals surface area contributed by atoms with Crippen molar-refractivity contribution in [1.82, 2.24) is 5.32 Å². The van der Waals surface area contributed by atoms with E-state index in [1.54, 1.807) is 5.56 Å². The maximum Gasteiger partial charge on any atom is 0.0136 e. The highest BCUT2D eigenvalue weighted by Crippen LogP contribution is 2.40. The molecule has 1 nitrogen and oxygen atoms in total. The summed E-state index contributed by atoms with van der Waals surface area (Å²) in [6.07, 6.45) is 8.20. The molecule has 2 heteroatoms. The number of hydrogen-bond donors (Lipinski definition) is 1. The molecule has 1 fully saturated rings. The van der Waals surface area contributed by atoms with Crippen molar-refractivity contribution in [2.75, 3.05) is 6.54 Å². The van der Waals surface area contributed by atoms with Gasteiger partial charge < -0.3 is 5.32 Å². The van der Waals surface area contributed by atoms with Gasteiger partial charge in [-0.05, 0) is 62.6 Å². The van der Waals surface area contributed by atoms with Crippen LogP contribution in [0.15, 0.2) is 29.2 Å². The Kier molecular flexibility index (Phi) is 4.49. The van der Waals surface area contributed by atoms with Gasteiger partial charge in [0.15, 0.2) is 0 Å². The lowest BCUT2D eigenvalue weighted by Gasteiger charge is -2.19. The van der Waals surface area contributed by atoms with Crippen LogP contribution in [0.2, 0.25) is 0 Å². The van der Waals surface area contributed by atoms with Crippen molar-refractivity contribution < 1.29 is 0 Å². The Morgan fingerprint density at radius 1 is 1.32 bits per heavy atom. The molecule has 0 aromatic heterocycles. The molecule has 0 saturated heterocycles. The molecule has 1 aliphatic heterocycles. The van der Waals surface area contributed by atoms with E-state index >= 15 is 0 Å². The normalized spacial score (nSPS) is 23.3. The molecule has 0 radical (unpaired) electrons. The van der Waals surface area contributed by atoms with Gasteiger partial charge in [-0.2, -0.15) is 0 Å². The monoisotopic (exact) mass is 275 g/mol. The van der Waals surface area contributed by atoms with Crippen LogP contribution in [0.25, 0.3) is 0 Å². The molecule has 0 bridgehead atoms. The number of thioether (sulfide) groups is 1. The molecule has 0 spiro atoms. The van der Waals surface area contributed by atoms with Crippen molar-refractivity contribution in [3.05, 3.63) is 29.8 Å². The topological polar surface area (TPSA) is 12.0 Å². The number of benzene rings is 1. The Balaban J connectivity index is 1.47. The average molecular weight is 275 g/mol. The highest BCUT2D eigenvalue weighted by Gasteiger charge is 2.31. The molecule has 1 N–H and O–H groups in total. The van der Waals surface area contributed by atoms with E-state index in [1.807, 2.05) is 0 Å². The lowest BCUT2D eigenvalue weighted by Crippen LogP contribution is -2.32. The zero-order chi connectivity index (χ0) is 13.1. The highest BCUT2D eigenvalue weighted by molar-refractivity contribution is 8.00. The minimum Gasteiger partial charge on any atom is -0.314 e. The average Bonchev–Trinajstić information content (AvgIpc) is 3.18. The molecule has 0 amide bonds. The third kappa shape index (κ3) is 3.55. The molecule has 1 heterocycles. The lowest BCUT2D eigenvalue weighted by molar-refractivity contribution is 0.422. The minimum absolute atomic E-state index is 0.796. The van der Waals surface area contributed by atoms with Crippen LogP contribution in [0, 0.1) is 5.92 Å². The molecule has 19 heavy (non-hydrogen) atoms. The maximum atomic E-state index is 3.77. The van der Waals surface area contributed by atoms with Gasteiger partial charge in [0, 0.05) is 16.2 Å². The summed E-state index contributed by atoms with van der Waals surface area (Å²) in [5.74, 6) is 0.986. The van der Waals surface area contributed by atoms with E-state index < -0.39 is 0 Å². The van der Waals surface area contributed by atoms with Crippen molar-refractivity contribution in [2.24, 2.45) is 5.92 Å². The highest BCUT2D eigenvalue weighted by atomic mass is 32.2. The van der Waals surface area contributed by atoms with Crippen LogP contribution in [0.5, 0.6) is 0 Å². The standard InChI is InChI=1S/C17H25NS/c1-2-11-18-16(13-7-8-13)10-9-15-12-14-5-3-4-6-17(14)19-15/h3-6,13,15-16,18H,2,7-12H2,1H3. The van der Waals surface area contributed by atoms with Crippen LogP contribution >= 0.6 is 11.8 Å². The van der Waals surface area contributed by atoms with E-state index in [4.69, 9.17) is 0 Å². The Labute approximate surface area is 121 Å². The lowest BCUT2D eigenvalue weighted by atomic mass is 10.0. The van der Waals surface area contributed by atoms with Crippen molar-refractivity contribution in [1.29, 1.82) is 0 Å². The second-order valence-electron chi connectivity index (χ2n) is 6.03. The van der Waals surface area contributed by atoms with Gasteiger partial charge in [0.25, 0.3) is 0 Å². The van der Waals surface area contributed by atoms with E-state index in [9.17, 15) is 0 Å². The zero-order valence-corrected chi connectivity index (χ0v) is 12.7. The van der Waals surface area contributed by atoms with Crippen LogP contribution in [-0.2, 0) is 6.42 Å². The molecule has 104 valence electrons. The SMILES string of the molecule is CCCNC(CCC1Cc2ccccc2S1)C1CC1. The Morgan fingerprint density at radius 2 is 2.16 bits per heavy atom. The number of hydrogen-bond acceptors (Lipinski definition) is 2. The Morgan fingerprint density at radius 3 is 2.89 bits per heavy atom. The summed E-state index contributed by atoms with van der Waals surface area (Å²) < 4.78 is 0. The zero-order valence-electron chi connectivity index (χ0n) is 11.9. The first-order chi connectivity index (χ1) is 9.36. The van der Waals surface area contributed by atoms with E-state index in [0.717, 1.165) is 17.2 Å². The molecular formula is C17H25NS. The summed E-state index contributed by atoms with van der Waals surface area (Å²) in [6.45, 7) is 3.46. The molecule has 2 atom stereocenters.